The van der Waals surface area contributed by atoms with Gasteiger partial charge in [0.05, 0.1) is 18.4 Å². The van der Waals surface area contributed by atoms with Crippen LogP contribution in [0.5, 0.6) is 0 Å². The molecule has 1 saturated carbocycles. The van der Waals surface area contributed by atoms with Crippen molar-refractivity contribution in [3.8, 4) is 11.3 Å². The van der Waals surface area contributed by atoms with Crippen LogP contribution in [0.3, 0.4) is 0 Å². The third kappa shape index (κ3) is 5.59. The molecule has 1 aliphatic carbocycles. The summed E-state index contributed by atoms with van der Waals surface area (Å²) >= 11 is 0. The molecule has 2 aromatic rings. The average Bonchev–Trinajstić information content (AvgIpc) is 3.38. The topological polar surface area (TPSA) is 65.5 Å². The number of guanidine groups is 1. The third-order valence-electron chi connectivity index (χ3n) is 4.47. The minimum Gasteiger partial charge on any atom is -0.381 e. The Morgan fingerprint density at radius 3 is 2.88 bits per heavy atom. The highest BCUT2D eigenvalue weighted by Gasteiger charge is 2.20. The average molecular weight is 355 g/mol. The van der Waals surface area contributed by atoms with Crippen LogP contribution >= 0.6 is 0 Å². The summed E-state index contributed by atoms with van der Waals surface area (Å²) in [5, 5.41) is 3.39. The lowest BCUT2D eigenvalue weighted by Crippen LogP contribution is -2.39. The minimum absolute atomic E-state index is 0.671. The van der Waals surface area contributed by atoms with Crippen LogP contribution in [0.2, 0.25) is 0 Å². The lowest BCUT2D eigenvalue weighted by molar-refractivity contribution is 0.122. The van der Waals surface area contributed by atoms with Crippen LogP contribution in [0.1, 0.15) is 25.1 Å². The van der Waals surface area contributed by atoms with Crippen LogP contribution in [0.25, 0.3) is 11.3 Å². The predicted molar refractivity (Wildman–Crippen MR) is 105 cm³/mol. The summed E-state index contributed by atoms with van der Waals surface area (Å²) in [5.41, 5.74) is 2.17. The monoisotopic (exact) mass is 355 g/mol. The molecule has 0 amide bonds. The van der Waals surface area contributed by atoms with Gasteiger partial charge in [-0.3, -0.25) is 4.99 Å². The quantitative estimate of drug-likeness (QED) is 0.412. The number of H-pyrrole nitrogens is 1. The van der Waals surface area contributed by atoms with Crippen LogP contribution in [0.4, 0.5) is 0 Å². The van der Waals surface area contributed by atoms with Gasteiger partial charge in [0.2, 0.25) is 0 Å². The molecule has 0 radical (unpaired) electrons. The molecule has 2 N–H and O–H groups in total. The van der Waals surface area contributed by atoms with Crippen molar-refractivity contribution in [3.63, 3.8) is 0 Å². The molecule has 3 rings (SSSR count). The van der Waals surface area contributed by atoms with E-state index >= 15 is 0 Å². The zero-order valence-electron chi connectivity index (χ0n) is 15.7. The number of aromatic nitrogens is 2. The number of hydrogen-bond donors (Lipinski definition) is 2. The van der Waals surface area contributed by atoms with Gasteiger partial charge in [0, 0.05) is 33.9 Å². The molecular weight excluding hydrogens is 326 g/mol. The SMILES string of the molecule is CN=C(NCCCOCC1CC1)N(C)Cc1ncc(-c2ccccc2)[nH]1. The molecule has 6 nitrogen and oxygen atoms in total. The standard InChI is InChI=1S/C20H29N5O/c1-21-20(22-11-6-12-26-15-16-9-10-16)25(2)14-19-23-13-18(24-19)17-7-4-3-5-8-17/h3-5,7-8,13,16H,6,9-12,14-15H2,1-2H3,(H,21,22)(H,23,24). The third-order valence-corrected chi connectivity index (χ3v) is 4.47. The first-order chi connectivity index (χ1) is 12.8. The number of benzene rings is 1. The fourth-order valence-electron chi connectivity index (χ4n) is 2.80. The normalized spacial score (nSPS) is 14.5. The summed E-state index contributed by atoms with van der Waals surface area (Å²) in [6.07, 6.45) is 5.55. The molecule has 26 heavy (non-hydrogen) atoms. The fraction of sp³-hybridized carbons (Fsp3) is 0.500. The van der Waals surface area contributed by atoms with Crippen molar-refractivity contribution in [1.82, 2.24) is 20.2 Å². The molecule has 0 aliphatic heterocycles. The zero-order chi connectivity index (χ0) is 18.2. The zero-order valence-corrected chi connectivity index (χ0v) is 15.7. The highest BCUT2D eigenvalue weighted by molar-refractivity contribution is 5.79. The molecular formula is C20H29N5O. The van der Waals surface area contributed by atoms with E-state index in [0.717, 1.165) is 55.1 Å². The Kier molecular flexibility index (Phi) is 6.66. The van der Waals surface area contributed by atoms with Gasteiger partial charge in [-0.2, -0.15) is 0 Å². The number of aliphatic imine (C=N–C) groups is 1. The highest BCUT2D eigenvalue weighted by Crippen LogP contribution is 2.28. The highest BCUT2D eigenvalue weighted by atomic mass is 16.5. The van der Waals surface area contributed by atoms with Gasteiger partial charge in [0.15, 0.2) is 5.96 Å². The van der Waals surface area contributed by atoms with Crippen molar-refractivity contribution in [2.45, 2.75) is 25.8 Å². The summed E-state index contributed by atoms with van der Waals surface area (Å²) in [5.74, 6) is 2.61. The van der Waals surface area contributed by atoms with Gasteiger partial charge >= 0.3 is 0 Å². The van der Waals surface area contributed by atoms with E-state index in [4.69, 9.17) is 4.74 Å². The molecule has 1 aromatic heterocycles. The number of nitrogens with zero attached hydrogens (tertiary/aromatic N) is 3. The van der Waals surface area contributed by atoms with Crippen LogP contribution in [0.15, 0.2) is 41.5 Å². The van der Waals surface area contributed by atoms with E-state index in [1.165, 1.54) is 12.8 Å². The molecule has 140 valence electrons. The summed E-state index contributed by atoms with van der Waals surface area (Å²) in [4.78, 5) is 14.3. The first kappa shape index (κ1) is 18.5. The molecule has 1 heterocycles. The number of hydrogen-bond acceptors (Lipinski definition) is 3. The summed E-state index contributed by atoms with van der Waals surface area (Å²) in [6.45, 7) is 3.26. The van der Waals surface area contributed by atoms with Gasteiger partial charge in [0.25, 0.3) is 0 Å². The van der Waals surface area contributed by atoms with Gasteiger partial charge in [-0.1, -0.05) is 30.3 Å². The van der Waals surface area contributed by atoms with E-state index in [9.17, 15) is 0 Å². The second-order valence-corrected chi connectivity index (χ2v) is 6.81. The van der Waals surface area contributed by atoms with Crippen LogP contribution < -0.4 is 5.32 Å². The van der Waals surface area contributed by atoms with E-state index in [0.29, 0.717) is 6.54 Å². The Labute approximate surface area is 155 Å². The van der Waals surface area contributed by atoms with Crippen molar-refractivity contribution in [1.29, 1.82) is 0 Å². The Bertz CT molecular complexity index is 693. The number of ether oxygens (including phenoxy) is 1. The lowest BCUT2D eigenvalue weighted by Gasteiger charge is -2.21. The number of rotatable bonds is 9. The van der Waals surface area contributed by atoms with Gasteiger partial charge in [-0.05, 0) is 30.7 Å². The largest absolute Gasteiger partial charge is 0.381 e. The van der Waals surface area contributed by atoms with Crippen molar-refractivity contribution in [3.05, 3.63) is 42.4 Å². The summed E-state index contributed by atoms with van der Waals surface area (Å²) in [7, 11) is 3.82. The summed E-state index contributed by atoms with van der Waals surface area (Å²) in [6, 6.07) is 10.2. The summed E-state index contributed by atoms with van der Waals surface area (Å²) < 4.78 is 5.67. The second kappa shape index (κ2) is 9.38. The molecule has 1 aromatic carbocycles. The minimum atomic E-state index is 0.671. The van der Waals surface area contributed by atoms with E-state index < -0.39 is 0 Å². The first-order valence-electron chi connectivity index (χ1n) is 9.35. The molecule has 1 aliphatic rings. The van der Waals surface area contributed by atoms with Gasteiger partial charge in [-0.15, -0.1) is 0 Å². The van der Waals surface area contributed by atoms with Crippen LogP contribution in [-0.2, 0) is 11.3 Å². The fourth-order valence-corrected chi connectivity index (χ4v) is 2.80. The van der Waals surface area contributed by atoms with Gasteiger partial charge < -0.3 is 19.9 Å². The molecule has 6 heteroatoms. The molecule has 1 fully saturated rings. The van der Waals surface area contributed by atoms with Crippen molar-refractivity contribution in [2.75, 3.05) is 33.9 Å². The predicted octanol–water partition coefficient (Wildman–Crippen LogP) is 2.90. The number of nitrogens with one attached hydrogen (secondary N) is 2. The van der Waals surface area contributed by atoms with E-state index in [1.807, 2.05) is 31.4 Å². The Morgan fingerprint density at radius 1 is 1.35 bits per heavy atom. The maximum atomic E-state index is 5.67. The Morgan fingerprint density at radius 2 is 2.15 bits per heavy atom. The van der Waals surface area contributed by atoms with Gasteiger partial charge in [0.1, 0.15) is 5.82 Å². The van der Waals surface area contributed by atoms with Crippen LogP contribution in [0, 0.1) is 5.92 Å². The Balaban J connectivity index is 1.42. The van der Waals surface area contributed by atoms with E-state index in [1.54, 1.807) is 7.05 Å². The van der Waals surface area contributed by atoms with Crippen LogP contribution in [-0.4, -0.2) is 54.7 Å². The molecule has 0 bridgehead atoms. The number of imidazole rings is 1. The van der Waals surface area contributed by atoms with Gasteiger partial charge in [-0.25, -0.2) is 4.98 Å². The van der Waals surface area contributed by atoms with Crippen molar-refractivity contribution < 1.29 is 4.74 Å². The maximum absolute atomic E-state index is 5.67. The lowest BCUT2D eigenvalue weighted by atomic mass is 10.2. The molecule has 0 spiro atoms. The second-order valence-electron chi connectivity index (χ2n) is 6.81. The van der Waals surface area contributed by atoms with E-state index in [-0.39, 0.29) is 0 Å². The smallest absolute Gasteiger partial charge is 0.193 e. The molecule has 0 saturated heterocycles. The number of aromatic amines is 1. The van der Waals surface area contributed by atoms with E-state index in [2.05, 4.69) is 37.3 Å². The molecule has 0 unspecified atom stereocenters. The van der Waals surface area contributed by atoms with Crippen molar-refractivity contribution in [2.24, 2.45) is 10.9 Å². The first-order valence-corrected chi connectivity index (χ1v) is 9.35. The molecule has 0 atom stereocenters. The Hall–Kier alpha value is -2.34. The maximum Gasteiger partial charge on any atom is 0.193 e. The van der Waals surface area contributed by atoms with Crippen molar-refractivity contribution >= 4 is 5.96 Å².